The third-order valence-electron chi connectivity index (χ3n) is 3.43. The average molecular weight is 322 g/mol. The summed E-state index contributed by atoms with van der Waals surface area (Å²) in [6.07, 6.45) is 3.70. The Hall–Kier alpha value is -3.15. The van der Waals surface area contributed by atoms with E-state index in [-0.39, 0.29) is 5.91 Å². The highest BCUT2D eigenvalue weighted by Gasteiger charge is 2.03. The molecule has 3 aromatic rings. The van der Waals surface area contributed by atoms with Gasteiger partial charge in [-0.3, -0.25) is 9.48 Å². The number of amides is 1. The van der Waals surface area contributed by atoms with Gasteiger partial charge in [-0.1, -0.05) is 35.5 Å². The van der Waals surface area contributed by atoms with Crippen molar-refractivity contribution >= 4 is 5.91 Å². The van der Waals surface area contributed by atoms with Crippen molar-refractivity contribution in [2.24, 2.45) is 0 Å². The standard InChI is InChI=1S/C18H18N4O2/c23-18(10-12-22-13-11-20-21-22)19-14-15-6-8-17(9-7-15)24-16-4-2-1-3-5-16/h1-9,11,13H,10,12,14H2,(H,19,23). The van der Waals surface area contributed by atoms with Crippen molar-refractivity contribution < 1.29 is 9.53 Å². The zero-order valence-corrected chi connectivity index (χ0v) is 13.1. The highest BCUT2D eigenvalue weighted by atomic mass is 16.5. The number of nitrogens with one attached hydrogen (secondary N) is 1. The molecule has 1 aromatic heterocycles. The van der Waals surface area contributed by atoms with Crippen molar-refractivity contribution in [2.45, 2.75) is 19.5 Å². The van der Waals surface area contributed by atoms with Crippen LogP contribution in [0.2, 0.25) is 0 Å². The van der Waals surface area contributed by atoms with Gasteiger partial charge in [-0.25, -0.2) is 0 Å². The summed E-state index contributed by atoms with van der Waals surface area (Å²) >= 11 is 0. The molecule has 1 heterocycles. The van der Waals surface area contributed by atoms with Crippen molar-refractivity contribution in [2.75, 3.05) is 0 Å². The first kappa shape index (κ1) is 15.7. The minimum absolute atomic E-state index is 0.0184. The average Bonchev–Trinajstić information content (AvgIpc) is 3.14. The predicted molar refractivity (Wildman–Crippen MR) is 89.4 cm³/mol. The number of ether oxygens (including phenoxy) is 1. The highest BCUT2D eigenvalue weighted by Crippen LogP contribution is 2.21. The third-order valence-corrected chi connectivity index (χ3v) is 3.43. The molecule has 6 nitrogen and oxygen atoms in total. The van der Waals surface area contributed by atoms with Crippen LogP contribution in [0.1, 0.15) is 12.0 Å². The second-order valence-corrected chi connectivity index (χ2v) is 5.25. The van der Waals surface area contributed by atoms with Crippen LogP contribution in [0.5, 0.6) is 11.5 Å². The molecular weight excluding hydrogens is 304 g/mol. The van der Waals surface area contributed by atoms with Gasteiger partial charge in [-0.15, -0.1) is 5.10 Å². The van der Waals surface area contributed by atoms with E-state index in [0.717, 1.165) is 17.1 Å². The number of aromatic nitrogens is 3. The first-order valence-corrected chi connectivity index (χ1v) is 7.72. The van der Waals surface area contributed by atoms with Gasteiger partial charge < -0.3 is 10.1 Å². The molecule has 0 unspecified atom stereocenters. The van der Waals surface area contributed by atoms with E-state index in [9.17, 15) is 4.79 Å². The van der Waals surface area contributed by atoms with Crippen molar-refractivity contribution in [1.82, 2.24) is 20.3 Å². The number of hydrogen-bond donors (Lipinski definition) is 1. The Bertz CT molecular complexity index is 755. The molecule has 0 atom stereocenters. The maximum Gasteiger partial charge on any atom is 0.222 e. The topological polar surface area (TPSA) is 69.0 Å². The van der Waals surface area contributed by atoms with Crippen LogP contribution < -0.4 is 10.1 Å². The van der Waals surface area contributed by atoms with Crippen LogP contribution in [0.25, 0.3) is 0 Å². The summed E-state index contributed by atoms with van der Waals surface area (Å²) in [5.74, 6) is 1.55. The summed E-state index contributed by atoms with van der Waals surface area (Å²) in [4.78, 5) is 11.8. The molecule has 0 aliphatic carbocycles. The first-order chi connectivity index (χ1) is 11.8. The van der Waals surface area contributed by atoms with Crippen molar-refractivity contribution in [3.63, 3.8) is 0 Å². The Morgan fingerprint density at radius 1 is 1.04 bits per heavy atom. The van der Waals surface area contributed by atoms with E-state index in [0.29, 0.717) is 19.5 Å². The van der Waals surface area contributed by atoms with Gasteiger partial charge in [-0.05, 0) is 29.8 Å². The van der Waals surface area contributed by atoms with Crippen molar-refractivity contribution in [1.29, 1.82) is 0 Å². The van der Waals surface area contributed by atoms with Gasteiger partial charge in [0.15, 0.2) is 0 Å². The normalized spacial score (nSPS) is 10.3. The number of nitrogens with zero attached hydrogens (tertiary/aromatic N) is 3. The summed E-state index contributed by atoms with van der Waals surface area (Å²) in [5.41, 5.74) is 1.02. The molecule has 0 bridgehead atoms. The van der Waals surface area contributed by atoms with Crippen LogP contribution in [-0.2, 0) is 17.9 Å². The highest BCUT2D eigenvalue weighted by molar-refractivity contribution is 5.75. The van der Waals surface area contributed by atoms with Gasteiger partial charge in [0.25, 0.3) is 0 Å². The predicted octanol–water partition coefficient (Wildman–Crippen LogP) is 2.78. The van der Waals surface area contributed by atoms with Crippen LogP contribution in [-0.4, -0.2) is 20.9 Å². The smallest absolute Gasteiger partial charge is 0.222 e. The fourth-order valence-electron chi connectivity index (χ4n) is 2.16. The molecule has 24 heavy (non-hydrogen) atoms. The molecule has 0 fully saturated rings. The SMILES string of the molecule is O=C(CCn1ccnn1)NCc1ccc(Oc2ccccc2)cc1. The van der Waals surface area contributed by atoms with Crippen LogP contribution in [0.3, 0.4) is 0 Å². The Morgan fingerprint density at radius 2 is 1.79 bits per heavy atom. The Morgan fingerprint density at radius 3 is 2.50 bits per heavy atom. The van der Waals surface area contributed by atoms with Gasteiger partial charge >= 0.3 is 0 Å². The number of para-hydroxylation sites is 1. The van der Waals surface area contributed by atoms with Crippen LogP contribution in [0.4, 0.5) is 0 Å². The summed E-state index contributed by atoms with van der Waals surface area (Å²) in [6.45, 7) is 1.01. The summed E-state index contributed by atoms with van der Waals surface area (Å²) in [5, 5.41) is 10.4. The van der Waals surface area contributed by atoms with E-state index in [1.165, 1.54) is 0 Å². The summed E-state index contributed by atoms with van der Waals surface area (Å²) in [7, 11) is 0. The van der Waals surface area contributed by atoms with E-state index in [4.69, 9.17) is 4.74 Å². The molecule has 6 heteroatoms. The van der Waals surface area contributed by atoms with Crippen molar-refractivity contribution in [3.8, 4) is 11.5 Å². The van der Waals surface area contributed by atoms with E-state index < -0.39 is 0 Å². The second-order valence-electron chi connectivity index (χ2n) is 5.25. The summed E-state index contributed by atoms with van der Waals surface area (Å²) < 4.78 is 7.37. The monoisotopic (exact) mass is 322 g/mol. The maximum atomic E-state index is 11.8. The van der Waals surface area contributed by atoms with E-state index in [1.54, 1.807) is 17.1 Å². The van der Waals surface area contributed by atoms with Gasteiger partial charge in [-0.2, -0.15) is 0 Å². The number of aryl methyl sites for hydroxylation is 1. The zero-order valence-electron chi connectivity index (χ0n) is 13.1. The fourth-order valence-corrected chi connectivity index (χ4v) is 2.16. The van der Waals surface area contributed by atoms with Gasteiger partial charge in [0.1, 0.15) is 11.5 Å². The van der Waals surface area contributed by atoms with Crippen molar-refractivity contribution in [3.05, 3.63) is 72.6 Å². The summed E-state index contributed by atoms with van der Waals surface area (Å²) in [6, 6.07) is 17.3. The Kier molecular flexibility index (Phi) is 5.19. The van der Waals surface area contributed by atoms with E-state index in [2.05, 4.69) is 15.6 Å². The van der Waals surface area contributed by atoms with Crippen LogP contribution >= 0.6 is 0 Å². The zero-order chi connectivity index (χ0) is 16.6. The molecule has 1 amide bonds. The van der Waals surface area contributed by atoms with E-state index in [1.807, 2.05) is 54.6 Å². The van der Waals surface area contributed by atoms with Crippen LogP contribution in [0.15, 0.2) is 67.0 Å². The first-order valence-electron chi connectivity index (χ1n) is 7.72. The lowest BCUT2D eigenvalue weighted by Crippen LogP contribution is -2.24. The lowest BCUT2D eigenvalue weighted by molar-refractivity contribution is -0.121. The molecule has 0 saturated heterocycles. The van der Waals surface area contributed by atoms with Gasteiger partial charge in [0.2, 0.25) is 5.91 Å². The second kappa shape index (κ2) is 7.92. The molecule has 2 aromatic carbocycles. The minimum Gasteiger partial charge on any atom is -0.457 e. The Labute approximate surface area is 140 Å². The molecule has 0 saturated carbocycles. The minimum atomic E-state index is -0.0184. The lowest BCUT2D eigenvalue weighted by atomic mass is 10.2. The quantitative estimate of drug-likeness (QED) is 0.726. The Balaban J connectivity index is 1.45. The molecule has 0 aliphatic heterocycles. The number of hydrogen-bond acceptors (Lipinski definition) is 4. The molecule has 0 aliphatic rings. The maximum absolute atomic E-state index is 11.8. The van der Waals surface area contributed by atoms with E-state index >= 15 is 0 Å². The largest absolute Gasteiger partial charge is 0.457 e. The lowest BCUT2D eigenvalue weighted by Gasteiger charge is -2.08. The third kappa shape index (κ3) is 4.67. The van der Waals surface area contributed by atoms with Gasteiger partial charge in [0.05, 0.1) is 12.7 Å². The molecular formula is C18H18N4O2. The molecule has 3 rings (SSSR count). The number of carbonyl (C=O) groups is 1. The number of benzene rings is 2. The fraction of sp³-hybridized carbons (Fsp3) is 0.167. The number of rotatable bonds is 7. The molecule has 0 spiro atoms. The molecule has 1 N–H and O–H groups in total. The van der Waals surface area contributed by atoms with Crippen LogP contribution in [0, 0.1) is 0 Å². The molecule has 0 radical (unpaired) electrons. The number of carbonyl (C=O) groups excluding carboxylic acids is 1. The molecule has 122 valence electrons. The van der Waals surface area contributed by atoms with Gasteiger partial charge in [0, 0.05) is 19.2 Å².